The Kier molecular flexibility index (Phi) is 5.51. The van der Waals surface area contributed by atoms with E-state index in [1.807, 2.05) is 13.8 Å². The van der Waals surface area contributed by atoms with Crippen LogP contribution >= 0.6 is 11.6 Å². The number of halogens is 1. The van der Waals surface area contributed by atoms with Gasteiger partial charge in [0.2, 0.25) is 5.95 Å². The number of nitrogens with zero attached hydrogens (tertiary/aromatic N) is 6. The summed E-state index contributed by atoms with van der Waals surface area (Å²) in [4.78, 5) is 25.8. The van der Waals surface area contributed by atoms with Crippen molar-refractivity contribution in [1.29, 1.82) is 5.26 Å². The maximum Gasteiger partial charge on any atom is 0.330 e. The van der Waals surface area contributed by atoms with Gasteiger partial charge in [0, 0.05) is 30.3 Å². The third-order valence-corrected chi connectivity index (χ3v) is 4.82. The van der Waals surface area contributed by atoms with Crippen LogP contribution in [0.15, 0.2) is 11.0 Å². The van der Waals surface area contributed by atoms with Crippen LogP contribution in [0.3, 0.4) is 0 Å². The van der Waals surface area contributed by atoms with E-state index < -0.39 is 0 Å². The van der Waals surface area contributed by atoms with Gasteiger partial charge >= 0.3 is 5.69 Å². The van der Waals surface area contributed by atoms with Gasteiger partial charge in [0.25, 0.3) is 0 Å². The number of methoxy groups -OCH3 is 1. The molecule has 0 amide bonds. The zero-order valence-corrected chi connectivity index (χ0v) is 16.6. The minimum atomic E-state index is -0.310. The number of ether oxygens (including phenoxy) is 1. The summed E-state index contributed by atoms with van der Waals surface area (Å²) in [6.45, 7) is 4.30. The first-order valence-electron chi connectivity index (χ1n) is 8.67. The molecule has 0 aromatic carbocycles. The largest absolute Gasteiger partial charge is 0.496 e. The third kappa shape index (κ3) is 3.39. The van der Waals surface area contributed by atoms with E-state index >= 15 is 0 Å². The van der Waals surface area contributed by atoms with Gasteiger partial charge in [-0.15, -0.1) is 0 Å². The highest BCUT2D eigenvalue weighted by Crippen LogP contribution is 2.26. The van der Waals surface area contributed by atoms with Crippen LogP contribution in [-0.4, -0.2) is 31.2 Å². The number of aryl methyl sites for hydroxylation is 2. The number of rotatable bonds is 6. The quantitative estimate of drug-likeness (QED) is 0.495. The molecule has 0 aliphatic heterocycles. The normalized spacial score (nSPS) is 11.0. The molecular formula is C18H20ClN7O2. The number of nitrogens with two attached hydrogens (primary N) is 1. The fraction of sp³-hybridized carbons (Fsp3) is 0.389. The topological polar surface area (TPSA) is 125 Å². The molecule has 28 heavy (non-hydrogen) atoms. The first-order chi connectivity index (χ1) is 13.4. The number of pyridine rings is 1. The molecule has 0 spiro atoms. The van der Waals surface area contributed by atoms with Crippen molar-refractivity contribution in [3.05, 3.63) is 38.7 Å². The smallest absolute Gasteiger partial charge is 0.330 e. The average Bonchev–Trinajstić information content (AvgIpc) is 2.90. The van der Waals surface area contributed by atoms with Crippen LogP contribution in [0.2, 0.25) is 5.15 Å². The summed E-state index contributed by atoms with van der Waals surface area (Å²) < 4.78 is 8.40. The molecule has 0 saturated carbocycles. The van der Waals surface area contributed by atoms with Gasteiger partial charge in [-0.2, -0.15) is 15.2 Å². The van der Waals surface area contributed by atoms with Gasteiger partial charge in [-0.05, 0) is 20.3 Å². The molecule has 0 unspecified atom stereocenters. The van der Waals surface area contributed by atoms with E-state index in [1.54, 1.807) is 13.3 Å². The van der Waals surface area contributed by atoms with Gasteiger partial charge in [0.15, 0.2) is 10.8 Å². The lowest BCUT2D eigenvalue weighted by Gasteiger charge is -2.12. The fourth-order valence-electron chi connectivity index (χ4n) is 3.23. The molecule has 0 saturated heterocycles. The van der Waals surface area contributed by atoms with Crippen molar-refractivity contribution in [2.45, 2.75) is 39.8 Å². The van der Waals surface area contributed by atoms with E-state index in [0.717, 1.165) is 16.9 Å². The number of imidazole rings is 1. The number of fused-ring (bicyclic) bond motifs is 1. The van der Waals surface area contributed by atoms with E-state index in [9.17, 15) is 4.79 Å². The Bertz CT molecular complexity index is 1140. The van der Waals surface area contributed by atoms with Crippen LogP contribution < -0.4 is 16.2 Å². The predicted molar refractivity (Wildman–Crippen MR) is 105 cm³/mol. The lowest BCUT2D eigenvalue weighted by molar-refractivity contribution is 0.406. The molecule has 9 nitrogen and oxygen atoms in total. The Hall–Kier alpha value is -3.12. The van der Waals surface area contributed by atoms with E-state index in [4.69, 9.17) is 27.3 Å². The summed E-state index contributed by atoms with van der Waals surface area (Å²) >= 11 is 6.26. The van der Waals surface area contributed by atoms with Gasteiger partial charge < -0.3 is 10.5 Å². The molecule has 0 fully saturated rings. The summed E-state index contributed by atoms with van der Waals surface area (Å²) in [5, 5.41) is 8.89. The van der Waals surface area contributed by atoms with Crippen LogP contribution in [0, 0.1) is 25.2 Å². The number of nitriles is 1. The van der Waals surface area contributed by atoms with Crippen molar-refractivity contribution in [2.75, 3.05) is 12.8 Å². The summed E-state index contributed by atoms with van der Waals surface area (Å²) in [6, 6.07) is 2.07. The first-order valence-corrected chi connectivity index (χ1v) is 9.04. The van der Waals surface area contributed by atoms with Crippen LogP contribution in [0.5, 0.6) is 5.75 Å². The Morgan fingerprint density at radius 3 is 2.75 bits per heavy atom. The van der Waals surface area contributed by atoms with E-state index in [1.165, 1.54) is 9.13 Å². The van der Waals surface area contributed by atoms with Crippen LogP contribution in [0.1, 0.15) is 29.7 Å². The Morgan fingerprint density at radius 2 is 2.07 bits per heavy atom. The average molecular weight is 402 g/mol. The third-order valence-electron chi connectivity index (χ3n) is 4.56. The minimum Gasteiger partial charge on any atom is -0.496 e. The van der Waals surface area contributed by atoms with Crippen LogP contribution in [0.25, 0.3) is 11.2 Å². The zero-order chi connectivity index (χ0) is 20.4. The van der Waals surface area contributed by atoms with Gasteiger partial charge in [-0.3, -0.25) is 14.1 Å². The van der Waals surface area contributed by atoms with Crippen molar-refractivity contribution in [3.8, 4) is 11.8 Å². The molecule has 0 aliphatic rings. The molecular weight excluding hydrogens is 382 g/mol. The van der Waals surface area contributed by atoms with Crippen molar-refractivity contribution in [3.63, 3.8) is 0 Å². The Labute approximate surface area is 166 Å². The molecule has 0 bridgehead atoms. The second-order valence-electron chi connectivity index (χ2n) is 6.37. The number of aromatic nitrogens is 5. The lowest BCUT2D eigenvalue weighted by atomic mass is 10.1. The van der Waals surface area contributed by atoms with Crippen molar-refractivity contribution >= 4 is 28.7 Å². The maximum absolute atomic E-state index is 13.1. The zero-order valence-electron chi connectivity index (χ0n) is 15.9. The van der Waals surface area contributed by atoms with E-state index in [0.29, 0.717) is 36.2 Å². The highest BCUT2D eigenvalue weighted by molar-refractivity contribution is 6.33. The summed E-state index contributed by atoms with van der Waals surface area (Å²) in [5.74, 6) is 0.703. The minimum absolute atomic E-state index is 0.0217. The van der Waals surface area contributed by atoms with Gasteiger partial charge in [-0.25, -0.2) is 4.79 Å². The summed E-state index contributed by atoms with van der Waals surface area (Å²) in [7, 11) is 1.60. The number of unbranched alkanes of at least 4 members (excludes halogenated alkanes) is 1. The number of anilines is 1. The first kappa shape index (κ1) is 19.6. The highest BCUT2D eigenvalue weighted by atomic mass is 35.5. The van der Waals surface area contributed by atoms with Gasteiger partial charge in [0.1, 0.15) is 11.3 Å². The second kappa shape index (κ2) is 7.86. The lowest BCUT2D eigenvalue weighted by Crippen LogP contribution is -2.25. The van der Waals surface area contributed by atoms with Crippen LogP contribution in [-0.2, 0) is 13.1 Å². The molecule has 0 aliphatic carbocycles. The van der Waals surface area contributed by atoms with Crippen LogP contribution in [0.4, 0.5) is 5.95 Å². The highest BCUT2D eigenvalue weighted by Gasteiger charge is 2.21. The molecule has 3 aromatic heterocycles. The second-order valence-corrected chi connectivity index (χ2v) is 6.73. The summed E-state index contributed by atoms with van der Waals surface area (Å²) in [5.41, 5.74) is 8.60. The van der Waals surface area contributed by atoms with Crippen molar-refractivity contribution in [2.24, 2.45) is 0 Å². The predicted octanol–water partition coefficient (Wildman–Crippen LogP) is 2.20. The molecule has 146 valence electrons. The maximum atomic E-state index is 13.1. The molecule has 2 N–H and O–H groups in total. The van der Waals surface area contributed by atoms with Gasteiger partial charge in [-0.1, -0.05) is 11.6 Å². The monoisotopic (exact) mass is 401 g/mol. The van der Waals surface area contributed by atoms with Crippen molar-refractivity contribution in [1.82, 2.24) is 24.1 Å². The number of nitrogen functional groups attached to an aromatic ring is 1. The Morgan fingerprint density at radius 1 is 1.32 bits per heavy atom. The molecule has 0 radical (unpaired) electrons. The van der Waals surface area contributed by atoms with E-state index in [-0.39, 0.29) is 23.3 Å². The molecule has 0 atom stereocenters. The molecule has 10 heteroatoms. The standard InChI is InChI=1S/C18H20ClN7O2/c1-10-8-22-12(11(2)14(10)28-3)9-26-16-13(15(19)23-17(21)24-16)25(18(26)27)7-5-4-6-20/h8H,4-5,7,9H2,1-3H3,(H2,21,23,24). The molecule has 3 aromatic rings. The van der Waals surface area contributed by atoms with Crippen molar-refractivity contribution < 1.29 is 4.74 Å². The molecule has 3 rings (SSSR count). The summed E-state index contributed by atoms with van der Waals surface area (Å²) in [6.07, 6.45) is 2.53. The number of hydrogen-bond acceptors (Lipinski definition) is 7. The molecule has 3 heterocycles. The van der Waals surface area contributed by atoms with E-state index in [2.05, 4.69) is 21.0 Å². The Balaban J connectivity index is 2.18. The number of hydrogen-bond donors (Lipinski definition) is 1. The van der Waals surface area contributed by atoms with Gasteiger partial charge in [0.05, 0.1) is 25.4 Å². The SMILES string of the molecule is COc1c(C)cnc(Cn2c(=O)n(CCCC#N)c3c(Cl)nc(N)nc32)c1C. The fourth-order valence-corrected chi connectivity index (χ4v) is 3.50.